The Morgan fingerprint density at radius 3 is 2.00 bits per heavy atom. The molecule has 0 saturated carbocycles. The van der Waals surface area contributed by atoms with Gasteiger partial charge in [-0.3, -0.25) is 14.9 Å². The number of nitrogens with zero attached hydrogens (tertiary/aromatic N) is 1. The zero-order valence-electron chi connectivity index (χ0n) is 16.1. The molecule has 0 radical (unpaired) electrons. The number of rotatable bonds is 17. The minimum absolute atomic E-state index is 0.141. The first kappa shape index (κ1) is 23.8. The maximum absolute atomic E-state index is 11.1. The summed E-state index contributed by atoms with van der Waals surface area (Å²) in [5.74, 6) is -0.141. The van der Waals surface area contributed by atoms with Gasteiger partial charge in [-0.2, -0.15) is 0 Å². The van der Waals surface area contributed by atoms with Crippen LogP contribution in [0.15, 0.2) is 0 Å². The number of nitro groups is 1. The molecule has 0 saturated heterocycles. The van der Waals surface area contributed by atoms with Crippen molar-refractivity contribution in [1.82, 2.24) is 0 Å². The molecule has 148 valence electrons. The maximum atomic E-state index is 11.1. The van der Waals surface area contributed by atoms with E-state index in [0.29, 0.717) is 19.3 Å². The molecule has 0 rings (SSSR count). The van der Waals surface area contributed by atoms with E-state index in [2.05, 4.69) is 11.7 Å². The predicted molar refractivity (Wildman–Crippen MR) is 99.1 cm³/mol. The normalized spacial score (nSPS) is 13.4. The number of hydrogen-bond donors (Lipinski definition) is 1. The number of aliphatic hydroxyl groups is 1. The number of aliphatic hydroxyl groups excluding tert-OH is 1. The van der Waals surface area contributed by atoms with Crippen LogP contribution in [0.2, 0.25) is 0 Å². The van der Waals surface area contributed by atoms with Crippen LogP contribution in [0.3, 0.4) is 0 Å². The second kappa shape index (κ2) is 16.3. The van der Waals surface area contributed by atoms with Gasteiger partial charge in [-0.05, 0) is 19.3 Å². The van der Waals surface area contributed by atoms with Crippen LogP contribution < -0.4 is 0 Å². The Kier molecular flexibility index (Phi) is 15.5. The van der Waals surface area contributed by atoms with Crippen molar-refractivity contribution < 1.29 is 19.6 Å². The number of carbonyl (C=O) groups excluding carboxylic acids is 1. The zero-order chi connectivity index (χ0) is 18.9. The van der Waals surface area contributed by atoms with E-state index in [1.807, 2.05) is 0 Å². The van der Waals surface area contributed by atoms with Crippen LogP contribution in [0, 0.1) is 10.1 Å². The van der Waals surface area contributed by atoms with Crippen molar-refractivity contribution >= 4 is 5.97 Å². The Morgan fingerprint density at radius 1 is 0.960 bits per heavy atom. The van der Waals surface area contributed by atoms with Crippen molar-refractivity contribution in [3.8, 4) is 0 Å². The van der Waals surface area contributed by atoms with Crippen LogP contribution in [0.4, 0.5) is 0 Å². The summed E-state index contributed by atoms with van der Waals surface area (Å²) in [6.45, 7) is 2.08. The van der Waals surface area contributed by atoms with E-state index < -0.39 is 12.1 Å². The fourth-order valence-corrected chi connectivity index (χ4v) is 3.02. The number of esters is 1. The van der Waals surface area contributed by atoms with Gasteiger partial charge in [0.1, 0.15) is 6.10 Å². The predicted octanol–water partition coefficient (Wildman–Crippen LogP) is 4.65. The summed E-state index contributed by atoms with van der Waals surface area (Å²) >= 11 is 0. The van der Waals surface area contributed by atoms with Crippen molar-refractivity contribution in [1.29, 1.82) is 0 Å². The van der Waals surface area contributed by atoms with E-state index >= 15 is 0 Å². The lowest BCUT2D eigenvalue weighted by atomic mass is 9.98. The Balaban J connectivity index is 3.62. The second-order valence-corrected chi connectivity index (χ2v) is 6.86. The van der Waals surface area contributed by atoms with Crippen molar-refractivity contribution in [2.24, 2.45) is 0 Å². The van der Waals surface area contributed by atoms with Gasteiger partial charge in [0.2, 0.25) is 6.04 Å². The zero-order valence-corrected chi connectivity index (χ0v) is 16.1. The van der Waals surface area contributed by atoms with Gasteiger partial charge < -0.3 is 9.84 Å². The summed E-state index contributed by atoms with van der Waals surface area (Å²) < 4.78 is 4.60. The molecule has 2 atom stereocenters. The molecule has 0 spiro atoms. The fraction of sp³-hybridized carbons (Fsp3) is 0.947. The molecule has 0 heterocycles. The van der Waals surface area contributed by atoms with E-state index in [1.54, 1.807) is 0 Å². The highest BCUT2D eigenvalue weighted by Gasteiger charge is 2.28. The first-order valence-electron chi connectivity index (χ1n) is 9.91. The SMILES string of the molecule is CCCCCC(O)C(CCCCCCCCCCC(=O)OC)[N+](=O)[O-]. The lowest BCUT2D eigenvalue weighted by Gasteiger charge is -2.15. The Labute approximate surface area is 152 Å². The summed E-state index contributed by atoms with van der Waals surface area (Å²) in [5, 5.41) is 21.1. The number of ether oxygens (including phenoxy) is 1. The van der Waals surface area contributed by atoms with Gasteiger partial charge in [0.05, 0.1) is 7.11 Å². The van der Waals surface area contributed by atoms with E-state index in [9.17, 15) is 20.0 Å². The van der Waals surface area contributed by atoms with E-state index in [4.69, 9.17) is 0 Å². The summed E-state index contributed by atoms with van der Waals surface area (Å²) in [7, 11) is 1.41. The first-order chi connectivity index (χ1) is 12.0. The van der Waals surface area contributed by atoms with Crippen LogP contribution >= 0.6 is 0 Å². The van der Waals surface area contributed by atoms with Crippen LogP contribution in [-0.2, 0) is 9.53 Å². The number of hydrogen-bond acceptors (Lipinski definition) is 5. The van der Waals surface area contributed by atoms with Crippen molar-refractivity contribution in [3.05, 3.63) is 10.1 Å². The molecule has 0 aliphatic heterocycles. The molecule has 0 fully saturated rings. The largest absolute Gasteiger partial charge is 0.469 e. The van der Waals surface area contributed by atoms with Gasteiger partial charge in [0.15, 0.2) is 0 Å². The summed E-state index contributed by atoms with van der Waals surface area (Å²) in [5.41, 5.74) is 0. The molecule has 6 heteroatoms. The topological polar surface area (TPSA) is 89.7 Å². The van der Waals surface area contributed by atoms with Crippen molar-refractivity contribution in [2.45, 2.75) is 109 Å². The molecule has 0 bridgehead atoms. The average Bonchev–Trinajstić information content (AvgIpc) is 2.59. The highest BCUT2D eigenvalue weighted by atomic mass is 16.6. The molecule has 1 N–H and O–H groups in total. The Morgan fingerprint density at radius 2 is 1.48 bits per heavy atom. The van der Waals surface area contributed by atoms with Gasteiger partial charge in [-0.25, -0.2) is 0 Å². The second-order valence-electron chi connectivity index (χ2n) is 6.86. The number of unbranched alkanes of at least 4 members (excludes halogenated alkanes) is 9. The highest BCUT2D eigenvalue weighted by Crippen LogP contribution is 2.16. The lowest BCUT2D eigenvalue weighted by molar-refractivity contribution is -0.535. The third-order valence-corrected chi connectivity index (χ3v) is 4.68. The molecule has 2 unspecified atom stereocenters. The van der Waals surface area contributed by atoms with Crippen LogP contribution in [0.5, 0.6) is 0 Å². The summed E-state index contributed by atoms with van der Waals surface area (Å²) in [4.78, 5) is 21.8. The minimum Gasteiger partial charge on any atom is -0.469 e. The highest BCUT2D eigenvalue weighted by molar-refractivity contribution is 5.68. The molecular weight excluding hydrogens is 322 g/mol. The number of carbonyl (C=O) groups is 1. The van der Waals surface area contributed by atoms with Crippen molar-refractivity contribution in [2.75, 3.05) is 7.11 Å². The van der Waals surface area contributed by atoms with E-state index in [-0.39, 0.29) is 10.9 Å². The third-order valence-electron chi connectivity index (χ3n) is 4.68. The van der Waals surface area contributed by atoms with Crippen LogP contribution in [-0.4, -0.2) is 35.3 Å². The molecule has 0 amide bonds. The number of methoxy groups -OCH3 is 1. The van der Waals surface area contributed by atoms with Gasteiger partial charge in [0.25, 0.3) is 0 Å². The van der Waals surface area contributed by atoms with Gasteiger partial charge in [0, 0.05) is 17.8 Å². The Hall–Kier alpha value is -1.17. The lowest BCUT2D eigenvalue weighted by Crippen LogP contribution is -2.33. The van der Waals surface area contributed by atoms with Gasteiger partial charge in [-0.15, -0.1) is 0 Å². The van der Waals surface area contributed by atoms with E-state index in [1.165, 1.54) is 7.11 Å². The minimum atomic E-state index is -0.810. The monoisotopic (exact) mass is 359 g/mol. The van der Waals surface area contributed by atoms with E-state index in [0.717, 1.165) is 70.6 Å². The van der Waals surface area contributed by atoms with Gasteiger partial charge in [-0.1, -0.05) is 64.7 Å². The Bertz CT molecular complexity index is 349. The molecular formula is C19H37NO5. The smallest absolute Gasteiger partial charge is 0.305 e. The average molecular weight is 360 g/mol. The third kappa shape index (κ3) is 13.8. The quantitative estimate of drug-likeness (QED) is 0.177. The molecule has 6 nitrogen and oxygen atoms in total. The summed E-state index contributed by atoms with van der Waals surface area (Å²) in [6, 6.07) is -0.810. The van der Waals surface area contributed by atoms with Crippen LogP contribution in [0.1, 0.15) is 96.8 Å². The van der Waals surface area contributed by atoms with Crippen molar-refractivity contribution in [3.63, 3.8) is 0 Å². The molecule has 0 aromatic heterocycles. The van der Waals surface area contributed by atoms with Gasteiger partial charge >= 0.3 is 5.97 Å². The maximum Gasteiger partial charge on any atom is 0.305 e. The first-order valence-corrected chi connectivity index (χ1v) is 9.91. The molecule has 0 aliphatic carbocycles. The molecule has 0 aromatic rings. The fourth-order valence-electron chi connectivity index (χ4n) is 3.02. The molecule has 0 aliphatic rings. The summed E-state index contributed by atoms with van der Waals surface area (Å²) in [6.07, 6.45) is 11.8. The standard InChI is InChI=1S/C19H37NO5/c1-3-4-11-15-18(21)17(20(23)24)14-12-9-7-5-6-8-10-13-16-19(22)25-2/h17-18,21H,3-16H2,1-2H3. The molecule has 25 heavy (non-hydrogen) atoms. The molecule has 0 aromatic carbocycles. The van der Waals surface area contributed by atoms with Crippen LogP contribution in [0.25, 0.3) is 0 Å².